The normalized spacial score (nSPS) is 19.2. The number of hydrogen-bond donors (Lipinski definition) is 2. The average Bonchev–Trinajstić information content (AvgIpc) is 3.18. The maximum atomic E-state index is 13.2. The first-order valence-corrected chi connectivity index (χ1v) is 12.4. The van der Waals surface area contributed by atoms with Crippen molar-refractivity contribution in [1.82, 2.24) is 23.5 Å². The molecule has 4 rings (SSSR count). The second kappa shape index (κ2) is 9.11. The number of alkyl halides is 3. The molecule has 0 bridgehead atoms. The van der Waals surface area contributed by atoms with E-state index in [1.807, 2.05) is 7.05 Å². The third kappa shape index (κ3) is 5.08. The number of anilines is 2. The highest BCUT2D eigenvalue weighted by Crippen LogP contribution is 2.35. The van der Waals surface area contributed by atoms with Crippen molar-refractivity contribution in [2.45, 2.75) is 32.2 Å². The lowest BCUT2D eigenvalue weighted by molar-refractivity contribution is -0.137. The number of nitrogens with two attached hydrogens (primary N) is 1. The van der Waals surface area contributed by atoms with Gasteiger partial charge < -0.3 is 16.0 Å². The number of aromatic nitrogens is 2. The van der Waals surface area contributed by atoms with Gasteiger partial charge in [-0.05, 0) is 49.3 Å². The van der Waals surface area contributed by atoms with Crippen molar-refractivity contribution in [1.29, 1.82) is 0 Å². The molecule has 0 radical (unpaired) electrons. The number of halogens is 4. The van der Waals surface area contributed by atoms with Crippen LogP contribution in [0.5, 0.6) is 0 Å². The molecule has 3 N–H and O–H groups in total. The van der Waals surface area contributed by atoms with Crippen LogP contribution < -0.4 is 11.1 Å². The van der Waals surface area contributed by atoms with E-state index in [-0.39, 0.29) is 29.9 Å². The van der Waals surface area contributed by atoms with Gasteiger partial charge in [0.15, 0.2) is 0 Å². The quantitative estimate of drug-likeness (QED) is 0.462. The van der Waals surface area contributed by atoms with Crippen LogP contribution in [0.4, 0.5) is 24.7 Å². The molecule has 0 spiro atoms. The molecule has 0 unspecified atom stereocenters. The van der Waals surface area contributed by atoms with E-state index in [4.69, 9.17) is 17.3 Å². The lowest BCUT2D eigenvalue weighted by atomic mass is 10.0. The molecule has 1 fully saturated rings. The van der Waals surface area contributed by atoms with Crippen molar-refractivity contribution in [2.75, 3.05) is 44.3 Å². The fraction of sp³-hybridized carbons (Fsp3) is 0.500. The van der Waals surface area contributed by atoms with E-state index in [2.05, 4.69) is 20.2 Å². The maximum Gasteiger partial charge on any atom is 0.416 e. The molecule has 0 amide bonds. The van der Waals surface area contributed by atoms with E-state index in [0.29, 0.717) is 43.0 Å². The number of rotatable bonds is 5. The first-order chi connectivity index (χ1) is 15.8. The number of nitrogen functional groups attached to an aromatic ring is 1. The third-order valence-electron chi connectivity index (χ3n) is 6.00. The molecule has 1 saturated heterocycles. The Bertz CT molecular complexity index is 1190. The van der Waals surface area contributed by atoms with Gasteiger partial charge in [-0.15, -0.1) is 0 Å². The molecular weight excluding hydrogens is 495 g/mol. The molecule has 3 heterocycles. The summed E-state index contributed by atoms with van der Waals surface area (Å²) in [6.45, 7) is 3.76. The molecule has 1 aromatic heterocycles. The second-order valence-corrected chi connectivity index (χ2v) is 10.8. The summed E-state index contributed by atoms with van der Waals surface area (Å²) in [5.74, 6) is 0.273. The number of likely N-dealkylation sites (N-methyl/N-ethyl adjacent to an activating group) is 1. The van der Waals surface area contributed by atoms with Crippen molar-refractivity contribution < 1.29 is 21.6 Å². The number of nitrogens with zero attached hydrogens (tertiary/aromatic N) is 5. The van der Waals surface area contributed by atoms with Gasteiger partial charge in [0, 0.05) is 44.0 Å². The molecule has 2 aliphatic rings. The molecule has 2 aliphatic heterocycles. The smallest absolute Gasteiger partial charge is 0.399 e. The number of fused-ring (bicyclic) bond motifs is 1. The van der Waals surface area contributed by atoms with E-state index in [1.165, 1.54) is 14.7 Å². The Morgan fingerprint density at radius 3 is 2.41 bits per heavy atom. The molecule has 0 aliphatic carbocycles. The van der Waals surface area contributed by atoms with E-state index in [9.17, 15) is 21.6 Å². The molecule has 1 aromatic carbocycles. The SMILES string of the molecule is C[C@@H](Nc1nc(Cl)nc2c1CN(S(=O)(=O)N1CCN(C)CC1)C2)c1cc(N)cc(C(F)(F)F)c1. The molecule has 2 aromatic rings. The van der Waals surface area contributed by atoms with E-state index >= 15 is 0 Å². The van der Waals surface area contributed by atoms with Gasteiger partial charge in [-0.3, -0.25) is 0 Å². The summed E-state index contributed by atoms with van der Waals surface area (Å²) in [6.07, 6.45) is -4.54. The van der Waals surface area contributed by atoms with Crippen molar-refractivity contribution in [3.63, 3.8) is 0 Å². The standard InChI is InChI=1S/C20H25ClF3N7O2S/c1-12(13-7-14(20(22,23)24)9-15(25)8-13)26-18-16-10-31(11-17(16)27-19(21)28-18)34(32,33)30-5-3-29(2)4-6-30/h7-9,12H,3-6,10-11,25H2,1-2H3,(H,26,27,28)/t12-/m1/s1. The summed E-state index contributed by atoms with van der Waals surface area (Å²) < 4.78 is 68.8. The number of piperazine rings is 1. The zero-order valence-corrected chi connectivity index (χ0v) is 20.2. The predicted octanol–water partition coefficient (Wildman–Crippen LogP) is 2.71. The molecule has 186 valence electrons. The largest absolute Gasteiger partial charge is 0.416 e. The third-order valence-corrected chi connectivity index (χ3v) is 8.10. The van der Waals surface area contributed by atoms with Gasteiger partial charge in [-0.2, -0.15) is 30.2 Å². The first kappa shape index (κ1) is 24.9. The van der Waals surface area contributed by atoms with E-state index in [1.54, 1.807) is 6.92 Å². The highest BCUT2D eigenvalue weighted by molar-refractivity contribution is 7.86. The monoisotopic (exact) mass is 519 g/mol. The van der Waals surface area contributed by atoms with Gasteiger partial charge >= 0.3 is 6.18 Å². The van der Waals surface area contributed by atoms with Gasteiger partial charge in [-0.25, -0.2) is 9.97 Å². The summed E-state index contributed by atoms with van der Waals surface area (Å²) in [4.78, 5) is 10.4. The number of benzene rings is 1. The van der Waals surface area contributed by atoms with Crippen molar-refractivity contribution >= 4 is 33.3 Å². The Balaban J connectivity index is 1.58. The van der Waals surface area contributed by atoms with Gasteiger partial charge in [0.05, 0.1) is 23.8 Å². The topological polar surface area (TPSA) is 108 Å². The Kier molecular flexibility index (Phi) is 6.68. The fourth-order valence-corrected chi connectivity index (χ4v) is 5.76. The molecule has 0 saturated carbocycles. The average molecular weight is 520 g/mol. The van der Waals surface area contributed by atoms with Crippen LogP contribution in [0.1, 0.15) is 35.3 Å². The fourth-order valence-electron chi connectivity index (χ4n) is 4.04. The van der Waals surface area contributed by atoms with Gasteiger partial charge in [0.25, 0.3) is 10.2 Å². The van der Waals surface area contributed by atoms with Gasteiger partial charge in [-0.1, -0.05) is 0 Å². The molecular formula is C20H25ClF3N7O2S. The Morgan fingerprint density at radius 2 is 1.76 bits per heavy atom. The summed E-state index contributed by atoms with van der Waals surface area (Å²) in [5, 5.41) is 2.98. The lowest BCUT2D eigenvalue weighted by Gasteiger charge is -2.33. The maximum absolute atomic E-state index is 13.2. The zero-order valence-electron chi connectivity index (χ0n) is 18.6. The second-order valence-electron chi connectivity index (χ2n) is 8.50. The van der Waals surface area contributed by atoms with Crippen LogP contribution in [0.3, 0.4) is 0 Å². The van der Waals surface area contributed by atoms with Crippen LogP contribution in [0.2, 0.25) is 5.28 Å². The Hall–Kier alpha value is -2.19. The first-order valence-electron chi connectivity index (χ1n) is 10.6. The van der Waals surface area contributed by atoms with Crippen molar-refractivity contribution in [2.24, 2.45) is 0 Å². The zero-order chi connectivity index (χ0) is 24.8. The summed E-state index contributed by atoms with van der Waals surface area (Å²) in [7, 11) is -1.80. The highest BCUT2D eigenvalue weighted by Gasteiger charge is 2.38. The predicted molar refractivity (Wildman–Crippen MR) is 122 cm³/mol. The molecule has 14 heteroatoms. The molecule has 9 nitrogen and oxygen atoms in total. The minimum Gasteiger partial charge on any atom is -0.399 e. The van der Waals surface area contributed by atoms with Crippen molar-refractivity contribution in [3.05, 3.63) is 45.9 Å². The van der Waals surface area contributed by atoms with Crippen LogP contribution >= 0.6 is 11.6 Å². The number of hydrogen-bond acceptors (Lipinski definition) is 7. The summed E-state index contributed by atoms with van der Waals surface area (Å²) in [6, 6.07) is 2.71. The number of nitrogens with one attached hydrogen (secondary N) is 1. The van der Waals surface area contributed by atoms with Gasteiger partial charge in [0.2, 0.25) is 5.28 Å². The minimum atomic E-state index is -4.54. The summed E-state index contributed by atoms with van der Waals surface area (Å²) >= 11 is 6.08. The summed E-state index contributed by atoms with van der Waals surface area (Å²) in [5.41, 5.74) is 6.11. The lowest BCUT2D eigenvalue weighted by Crippen LogP contribution is -2.51. The highest BCUT2D eigenvalue weighted by atomic mass is 35.5. The molecule has 1 atom stereocenters. The van der Waals surface area contributed by atoms with Gasteiger partial charge in [0.1, 0.15) is 5.82 Å². The van der Waals surface area contributed by atoms with E-state index in [0.717, 1.165) is 12.1 Å². The van der Waals surface area contributed by atoms with Crippen molar-refractivity contribution in [3.8, 4) is 0 Å². The molecule has 34 heavy (non-hydrogen) atoms. The van der Waals surface area contributed by atoms with Crippen LogP contribution in [0.15, 0.2) is 18.2 Å². The van der Waals surface area contributed by atoms with Crippen LogP contribution in [0, 0.1) is 0 Å². The van der Waals surface area contributed by atoms with E-state index < -0.39 is 28.0 Å². The minimum absolute atomic E-state index is 0.0196. The van der Waals surface area contributed by atoms with Crippen LogP contribution in [-0.2, 0) is 29.5 Å². The van der Waals surface area contributed by atoms with Crippen LogP contribution in [0.25, 0.3) is 0 Å². The van der Waals surface area contributed by atoms with Crippen LogP contribution in [-0.4, -0.2) is 65.1 Å². The Labute approximate surface area is 200 Å². The Morgan fingerprint density at radius 1 is 1.09 bits per heavy atom.